The van der Waals surface area contributed by atoms with Crippen molar-refractivity contribution in [1.29, 1.82) is 0 Å². The summed E-state index contributed by atoms with van der Waals surface area (Å²) in [7, 11) is 1.73. The fourth-order valence-corrected chi connectivity index (χ4v) is 2.72. The summed E-state index contributed by atoms with van der Waals surface area (Å²) in [5, 5.41) is 0. The maximum absolute atomic E-state index is 10.9. The van der Waals surface area contributed by atoms with Gasteiger partial charge in [0.2, 0.25) is 6.41 Å². The number of nitrogens with zero attached hydrogens (tertiary/aromatic N) is 2. The monoisotopic (exact) mass is 308 g/mol. The average Bonchev–Trinajstić information content (AvgIpc) is 2.91. The minimum atomic E-state index is -0.548. The molecule has 1 heterocycles. The number of aliphatic imine (C=N–C) groups is 1. The molecule has 23 heavy (non-hydrogen) atoms. The number of ether oxygens (including phenoxy) is 1. The van der Waals surface area contributed by atoms with Gasteiger partial charge in [0.15, 0.2) is 5.72 Å². The van der Waals surface area contributed by atoms with E-state index in [2.05, 4.69) is 0 Å². The van der Waals surface area contributed by atoms with E-state index in [1.165, 1.54) is 4.90 Å². The Hall–Kier alpha value is -2.46. The van der Waals surface area contributed by atoms with Crippen molar-refractivity contribution in [1.82, 2.24) is 0 Å². The van der Waals surface area contributed by atoms with Crippen LogP contribution in [0, 0.1) is 0 Å². The van der Waals surface area contributed by atoms with Crippen LogP contribution in [0.4, 0.5) is 5.69 Å². The predicted octanol–water partition coefficient (Wildman–Crippen LogP) is 3.58. The Kier molecular flexibility index (Phi) is 4.01. The van der Waals surface area contributed by atoms with Crippen LogP contribution in [0.1, 0.15) is 31.1 Å². The summed E-state index contributed by atoms with van der Waals surface area (Å²) >= 11 is 0. The van der Waals surface area contributed by atoms with Crippen LogP contribution < -0.4 is 4.90 Å². The second kappa shape index (κ2) is 5.97. The van der Waals surface area contributed by atoms with E-state index in [-0.39, 0.29) is 6.10 Å². The van der Waals surface area contributed by atoms with Crippen LogP contribution in [0.2, 0.25) is 0 Å². The van der Waals surface area contributed by atoms with Crippen LogP contribution in [0.3, 0.4) is 0 Å². The summed E-state index contributed by atoms with van der Waals surface area (Å²) in [6.45, 7) is 3.93. The fraction of sp³-hybridized carbons (Fsp3) is 0.263. The van der Waals surface area contributed by atoms with Gasteiger partial charge in [-0.15, -0.1) is 0 Å². The Morgan fingerprint density at radius 1 is 1.09 bits per heavy atom. The minimum absolute atomic E-state index is 0.206. The molecule has 1 aliphatic rings. The van der Waals surface area contributed by atoms with Gasteiger partial charge in [0.1, 0.15) is 6.10 Å². The molecule has 1 unspecified atom stereocenters. The van der Waals surface area contributed by atoms with Gasteiger partial charge in [-0.2, -0.15) is 0 Å². The highest BCUT2D eigenvalue weighted by Crippen LogP contribution is 2.36. The number of hydrogen-bond acceptors (Lipinski definition) is 3. The molecule has 0 saturated heterocycles. The SMILES string of the molecule is CN(C=O)c1ccc(C2OC(C)(C)N=C2c2ccccc2)cc1. The average molecular weight is 308 g/mol. The van der Waals surface area contributed by atoms with Crippen molar-refractivity contribution in [2.24, 2.45) is 4.99 Å². The van der Waals surface area contributed by atoms with Crippen molar-refractivity contribution >= 4 is 17.8 Å². The van der Waals surface area contributed by atoms with Crippen LogP contribution in [0.25, 0.3) is 0 Å². The molecule has 0 fully saturated rings. The van der Waals surface area contributed by atoms with Crippen molar-refractivity contribution in [2.45, 2.75) is 25.7 Å². The summed E-state index contributed by atoms with van der Waals surface area (Å²) < 4.78 is 6.14. The molecule has 1 atom stereocenters. The van der Waals surface area contributed by atoms with Gasteiger partial charge < -0.3 is 9.64 Å². The van der Waals surface area contributed by atoms with Crippen LogP contribution in [-0.2, 0) is 9.53 Å². The molecule has 0 bridgehead atoms. The van der Waals surface area contributed by atoms with Gasteiger partial charge in [-0.1, -0.05) is 42.5 Å². The maximum Gasteiger partial charge on any atom is 0.213 e. The number of carbonyl (C=O) groups excluding carboxylic acids is 1. The second-order valence-electron chi connectivity index (χ2n) is 6.12. The minimum Gasteiger partial charge on any atom is -0.340 e. The molecule has 3 rings (SSSR count). The number of rotatable bonds is 4. The lowest BCUT2D eigenvalue weighted by atomic mass is 9.99. The molecule has 118 valence electrons. The molecular formula is C19H20N2O2. The lowest BCUT2D eigenvalue weighted by molar-refractivity contribution is -0.107. The van der Waals surface area contributed by atoms with Gasteiger partial charge in [-0.3, -0.25) is 9.79 Å². The summed E-state index contributed by atoms with van der Waals surface area (Å²) in [4.78, 5) is 17.1. The Balaban J connectivity index is 1.95. The van der Waals surface area contributed by atoms with E-state index >= 15 is 0 Å². The van der Waals surface area contributed by atoms with Crippen molar-refractivity contribution in [3.8, 4) is 0 Å². The Bertz CT molecular complexity index is 721. The van der Waals surface area contributed by atoms with Crippen molar-refractivity contribution in [2.75, 3.05) is 11.9 Å². The molecule has 4 heteroatoms. The number of anilines is 1. The normalized spacial score (nSPS) is 19.3. The lowest BCUT2D eigenvalue weighted by Gasteiger charge is -2.19. The van der Waals surface area contributed by atoms with E-state index in [1.54, 1.807) is 7.05 Å². The van der Waals surface area contributed by atoms with E-state index in [0.717, 1.165) is 28.9 Å². The third-order valence-electron chi connectivity index (χ3n) is 3.88. The first-order valence-electron chi connectivity index (χ1n) is 7.61. The molecule has 0 aliphatic carbocycles. The summed E-state index contributed by atoms with van der Waals surface area (Å²) in [5.41, 5.74) is 3.33. The van der Waals surface area contributed by atoms with E-state index in [1.807, 2.05) is 68.4 Å². The second-order valence-corrected chi connectivity index (χ2v) is 6.12. The quantitative estimate of drug-likeness (QED) is 0.810. The van der Waals surface area contributed by atoms with Crippen LogP contribution in [0.15, 0.2) is 59.6 Å². The van der Waals surface area contributed by atoms with Crippen molar-refractivity contribution in [3.05, 3.63) is 65.7 Å². The molecular weight excluding hydrogens is 288 g/mol. The van der Waals surface area contributed by atoms with E-state index in [9.17, 15) is 4.79 Å². The fourth-order valence-electron chi connectivity index (χ4n) is 2.72. The molecule has 1 aliphatic heterocycles. The van der Waals surface area contributed by atoms with Crippen LogP contribution in [0.5, 0.6) is 0 Å². The zero-order valence-electron chi connectivity index (χ0n) is 13.6. The van der Waals surface area contributed by atoms with Gasteiger partial charge in [0.05, 0.1) is 5.71 Å². The molecule has 0 saturated carbocycles. The van der Waals surface area contributed by atoms with E-state index < -0.39 is 5.72 Å². The first kappa shape index (κ1) is 15.4. The molecule has 2 aromatic carbocycles. The number of amides is 1. The summed E-state index contributed by atoms with van der Waals surface area (Å²) in [6, 6.07) is 17.9. The molecule has 4 nitrogen and oxygen atoms in total. The molecule has 0 N–H and O–H groups in total. The maximum atomic E-state index is 10.9. The van der Waals surface area contributed by atoms with Gasteiger partial charge in [0.25, 0.3) is 0 Å². The molecule has 1 amide bonds. The van der Waals surface area contributed by atoms with Gasteiger partial charge in [-0.25, -0.2) is 0 Å². The molecule has 0 radical (unpaired) electrons. The highest BCUT2D eigenvalue weighted by Gasteiger charge is 2.35. The first-order valence-corrected chi connectivity index (χ1v) is 7.61. The smallest absolute Gasteiger partial charge is 0.213 e. The van der Waals surface area contributed by atoms with Gasteiger partial charge in [0, 0.05) is 12.7 Å². The number of hydrogen-bond donors (Lipinski definition) is 0. The zero-order chi connectivity index (χ0) is 16.4. The highest BCUT2D eigenvalue weighted by atomic mass is 16.5. The zero-order valence-corrected chi connectivity index (χ0v) is 13.6. The predicted molar refractivity (Wildman–Crippen MR) is 91.8 cm³/mol. The van der Waals surface area contributed by atoms with E-state index in [0.29, 0.717) is 0 Å². The van der Waals surface area contributed by atoms with E-state index in [4.69, 9.17) is 9.73 Å². The van der Waals surface area contributed by atoms with Crippen LogP contribution in [-0.4, -0.2) is 24.9 Å². The van der Waals surface area contributed by atoms with Gasteiger partial charge in [-0.05, 0) is 37.1 Å². The first-order chi connectivity index (χ1) is 11.0. The van der Waals surface area contributed by atoms with Gasteiger partial charge >= 0.3 is 0 Å². The molecule has 2 aromatic rings. The van der Waals surface area contributed by atoms with Crippen molar-refractivity contribution < 1.29 is 9.53 Å². The lowest BCUT2D eigenvalue weighted by Crippen LogP contribution is -2.18. The topological polar surface area (TPSA) is 41.9 Å². The van der Waals surface area contributed by atoms with Crippen molar-refractivity contribution in [3.63, 3.8) is 0 Å². The molecule has 0 aromatic heterocycles. The van der Waals surface area contributed by atoms with Crippen LogP contribution >= 0.6 is 0 Å². The Morgan fingerprint density at radius 3 is 2.35 bits per heavy atom. The third kappa shape index (κ3) is 3.17. The number of benzene rings is 2. The summed E-state index contributed by atoms with van der Waals surface area (Å²) in [6.07, 6.45) is 0.587. The third-order valence-corrected chi connectivity index (χ3v) is 3.88. The largest absolute Gasteiger partial charge is 0.340 e. The standard InChI is InChI=1S/C19H20N2O2/c1-19(2)20-17(14-7-5-4-6-8-14)18(23-19)15-9-11-16(12-10-15)21(3)13-22/h4-13,18H,1-3H3. The Morgan fingerprint density at radius 2 is 1.74 bits per heavy atom. The Labute approximate surface area is 136 Å². The summed E-state index contributed by atoms with van der Waals surface area (Å²) in [5.74, 6) is 0. The molecule has 0 spiro atoms. The highest BCUT2D eigenvalue weighted by molar-refractivity contribution is 6.05. The number of carbonyl (C=O) groups is 1.